The number of amides is 1. The molecule has 1 aromatic heterocycles. The van der Waals surface area contributed by atoms with Crippen molar-refractivity contribution in [2.45, 2.75) is 12.3 Å². The molecule has 3 heterocycles. The molecular formula is C23H24N4O5. The first kappa shape index (κ1) is 20.5. The Kier molecular flexibility index (Phi) is 4.87. The van der Waals surface area contributed by atoms with Gasteiger partial charge in [0.1, 0.15) is 12.3 Å². The van der Waals surface area contributed by atoms with Gasteiger partial charge in [-0.15, -0.1) is 0 Å². The fraction of sp³-hybridized carbons (Fsp3) is 0.348. The van der Waals surface area contributed by atoms with Crippen molar-refractivity contribution in [3.63, 3.8) is 0 Å². The van der Waals surface area contributed by atoms with E-state index in [1.165, 1.54) is 6.08 Å². The molecule has 166 valence electrons. The highest BCUT2D eigenvalue weighted by atomic mass is 16.5. The molecule has 1 fully saturated rings. The van der Waals surface area contributed by atoms with Crippen LogP contribution in [0.4, 0.5) is 6.01 Å². The summed E-state index contributed by atoms with van der Waals surface area (Å²) in [5, 5.41) is 0. The maximum atomic E-state index is 14.2. The van der Waals surface area contributed by atoms with Gasteiger partial charge < -0.3 is 24.5 Å². The predicted molar refractivity (Wildman–Crippen MR) is 115 cm³/mol. The molecule has 1 spiro atoms. The van der Waals surface area contributed by atoms with Gasteiger partial charge in [-0.2, -0.15) is 4.98 Å². The van der Waals surface area contributed by atoms with Crippen LogP contribution in [0.25, 0.3) is 11.3 Å². The van der Waals surface area contributed by atoms with Gasteiger partial charge in [0.05, 0.1) is 25.5 Å². The normalized spacial score (nSPS) is 22.4. The topological polar surface area (TPSA) is 111 Å². The third kappa shape index (κ3) is 2.74. The van der Waals surface area contributed by atoms with E-state index in [1.54, 1.807) is 11.8 Å². The van der Waals surface area contributed by atoms with Crippen LogP contribution in [-0.4, -0.2) is 66.2 Å². The number of carbonyl (C=O) groups is 2. The van der Waals surface area contributed by atoms with Crippen molar-refractivity contribution in [3.8, 4) is 11.3 Å². The van der Waals surface area contributed by atoms with Crippen molar-refractivity contribution in [1.82, 2.24) is 14.8 Å². The van der Waals surface area contributed by atoms with E-state index in [0.29, 0.717) is 61.3 Å². The van der Waals surface area contributed by atoms with Crippen molar-refractivity contribution >= 4 is 17.9 Å². The fourth-order valence-electron chi connectivity index (χ4n) is 4.87. The molecule has 2 N–H and O–H groups in total. The molecule has 5 rings (SSSR count). The van der Waals surface area contributed by atoms with Gasteiger partial charge in [-0.3, -0.25) is 9.69 Å². The third-order valence-electron chi connectivity index (χ3n) is 6.26. The Morgan fingerprint density at radius 1 is 1.34 bits per heavy atom. The SMILES string of the molecule is C=CCOC(=O)C1=C(C)N(CN2CCOCC2)C(=O)C12c1ccccc1-c1oc(N)nc12. The molecule has 2 aromatic rings. The Morgan fingerprint density at radius 3 is 2.84 bits per heavy atom. The molecule has 32 heavy (non-hydrogen) atoms. The number of nitrogen functional groups attached to an aromatic ring is 1. The van der Waals surface area contributed by atoms with Crippen LogP contribution in [0.1, 0.15) is 18.2 Å². The number of esters is 1. The molecule has 2 aliphatic heterocycles. The van der Waals surface area contributed by atoms with Gasteiger partial charge in [0, 0.05) is 24.4 Å². The van der Waals surface area contributed by atoms with Crippen LogP contribution in [-0.2, 0) is 24.5 Å². The second kappa shape index (κ2) is 7.61. The number of ether oxygens (including phenoxy) is 2. The molecule has 0 saturated carbocycles. The minimum absolute atomic E-state index is 0.0266. The smallest absolute Gasteiger partial charge is 0.337 e. The van der Waals surface area contributed by atoms with Crippen molar-refractivity contribution in [1.29, 1.82) is 0 Å². The van der Waals surface area contributed by atoms with Gasteiger partial charge in [0.15, 0.2) is 11.2 Å². The number of rotatable bonds is 5. The largest absolute Gasteiger partial charge is 0.458 e. The second-order valence-corrected chi connectivity index (χ2v) is 7.98. The number of carbonyl (C=O) groups excluding carboxylic acids is 2. The summed E-state index contributed by atoms with van der Waals surface area (Å²) in [5.74, 6) is -0.461. The molecule has 1 saturated heterocycles. The number of hydrogen-bond acceptors (Lipinski definition) is 8. The van der Waals surface area contributed by atoms with E-state index in [-0.39, 0.29) is 24.1 Å². The lowest BCUT2D eigenvalue weighted by Crippen LogP contribution is -2.48. The first-order valence-electron chi connectivity index (χ1n) is 10.5. The van der Waals surface area contributed by atoms with E-state index in [1.807, 2.05) is 24.3 Å². The van der Waals surface area contributed by atoms with Crippen LogP contribution in [0.5, 0.6) is 0 Å². The highest BCUT2D eigenvalue weighted by molar-refractivity contribution is 6.14. The summed E-state index contributed by atoms with van der Waals surface area (Å²) in [4.78, 5) is 35.7. The molecule has 1 aliphatic carbocycles. The summed E-state index contributed by atoms with van der Waals surface area (Å²) in [6, 6.07) is 7.29. The summed E-state index contributed by atoms with van der Waals surface area (Å²) in [6.07, 6.45) is 1.49. The van der Waals surface area contributed by atoms with Gasteiger partial charge in [-0.25, -0.2) is 4.79 Å². The molecule has 3 aliphatic rings. The molecule has 1 unspecified atom stereocenters. The number of hydrogen-bond donors (Lipinski definition) is 1. The second-order valence-electron chi connectivity index (χ2n) is 7.98. The number of nitrogens with zero attached hydrogens (tertiary/aromatic N) is 3. The van der Waals surface area contributed by atoms with Crippen LogP contribution in [0.15, 0.2) is 52.6 Å². The Labute approximate surface area is 185 Å². The summed E-state index contributed by atoms with van der Waals surface area (Å²) >= 11 is 0. The molecule has 0 radical (unpaired) electrons. The zero-order valence-corrected chi connectivity index (χ0v) is 17.8. The number of aromatic nitrogens is 1. The zero-order valence-electron chi connectivity index (χ0n) is 17.8. The lowest BCUT2D eigenvalue weighted by molar-refractivity contribution is -0.140. The minimum Gasteiger partial charge on any atom is -0.458 e. The van der Waals surface area contributed by atoms with Gasteiger partial charge in [-0.1, -0.05) is 36.9 Å². The summed E-state index contributed by atoms with van der Waals surface area (Å²) in [7, 11) is 0. The van der Waals surface area contributed by atoms with Crippen molar-refractivity contribution in [3.05, 3.63) is 59.4 Å². The Hall–Kier alpha value is -3.43. The van der Waals surface area contributed by atoms with E-state index in [2.05, 4.69) is 16.5 Å². The van der Waals surface area contributed by atoms with Gasteiger partial charge in [-0.05, 0) is 12.5 Å². The van der Waals surface area contributed by atoms with Crippen molar-refractivity contribution < 1.29 is 23.5 Å². The quantitative estimate of drug-likeness (QED) is 0.557. The fourth-order valence-corrected chi connectivity index (χ4v) is 4.87. The Morgan fingerprint density at radius 2 is 2.09 bits per heavy atom. The Bertz CT molecular complexity index is 1150. The highest BCUT2D eigenvalue weighted by Gasteiger charge is 2.63. The Balaban J connectivity index is 1.70. The molecule has 1 amide bonds. The van der Waals surface area contributed by atoms with Gasteiger partial charge >= 0.3 is 5.97 Å². The van der Waals surface area contributed by atoms with Crippen molar-refractivity contribution in [2.24, 2.45) is 0 Å². The van der Waals surface area contributed by atoms with Crippen LogP contribution < -0.4 is 5.73 Å². The number of nitrogens with two attached hydrogens (primary N) is 1. The monoisotopic (exact) mass is 436 g/mol. The molecular weight excluding hydrogens is 412 g/mol. The lowest BCUT2D eigenvalue weighted by atomic mass is 9.74. The molecule has 9 nitrogen and oxygen atoms in total. The molecule has 1 aromatic carbocycles. The maximum absolute atomic E-state index is 14.2. The highest BCUT2D eigenvalue weighted by Crippen LogP contribution is 2.57. The predicted octanol–water partition coefficient (Wildman–Crippen LogP) is 1.66. The van der Waals surface area contributed by atoms with E-state index >= 15 is 0 Å². The van der Waals surface area contributed by atoms with Crippen LogP contribution in [0.3, 0.4) is 0 Å². The lowest BCUT2D eigenvalue weighted by Gasteiger charge is -2.32. The van der Waals surface area contributed by atoms with E-state index in [0.717, 1.165) is 0 Å². The number of fused-ring (bicyclic) bond motifs is 5. The molecule has 0 bridgehead atoms. The van der Waals surface area contributed by atoms with Crippen LogP contribution in [0, 0.1) is 0 Å². The first-order valence-corrected chi connectivity index (χ1v) is 10.5. The van der Waals surface area contributed by atoms with E-state index in [9.17, 15) is 9.59 Å². The zero-order chi connectivity index (χ0) is 22.5. The van der Waals surface area contributed by atoms with E-state index < -0.39 is 11.4 Å². The third-order valence-corrected chi connectivity index (χ3v) is 6.26. The van der Waals surface area contributed by atoms with Crippen LogP contribution >= 0.6 is 0 Å². The van der Waals surface area contributed by atoms with E-state index in [4.69, 9.17) is 19.6 Å². The standard InChI is InChI=1S/C23H24N4O5/c1-3-10-31-20(28)17-14(2)27(13-26-8-11-30-12-9-26)21(29)23(17)16-7-5-4-6-15(16)18-19(23)25-22(24)32-18/h3-7H,1,8-13H2,2H3,(H2,24,25). The average molecular weight is 436 g/mol. The number of morpholine rings is 1. The average Bonchev–Trinajstić information content (AvgIpc) is 3.38. The number of anilines is 1. The van der Waals surface area contributed by atoms with Gasteiger partial charge in [0.25, 0.3) is 6.01 Å². The first-order chi connectivity index (χ1) is 15.5. The summed E-state index contributed by atoms with van der Waals surface area (Å²) in [6.45, 7) is 8.32. The van der Waals surface area contributed by atoms with Gasteiger partial charge in [0.2, 0.25) is 5.91 Å². The number of benzene rings is 1. The van der Waals surface area contributed by atoms with Crippen molar-refractivity contribution in [2.75, 3.05) is 45.3 Å². The number of oxazole rings is 1. The summed E-state index contributed by atoms with van der Waals surface area (Å²) < 4.78 is 16.6. The minimum atomic E-state index is -1.47. The molecule has 1 atom stereocenters. The molecule has 9 heteroatoms. The summed E-state index contributed by atoms with van der Waals surface area (Å²) in [5.41, 5.74) is 6.84. The van der Waals surface area contributed by atoms with Crippen LogP contribution in [0.2, 0.25) is 0 Å². The maximum Gasteiger partial charge on any atom is 0.337 e. The number of allylic oxidation sites excluding steroid dienone is 1.